The minimum atomic E-state index is -4.69. The van der Waals surface area contributed by atoms with Gasteiger partial charge >= 0.3 is 12.4 Å². The van der Waals surface area contributed by atoms with Crippen molar-refractivity contribution >= 4 is 28.1 Å². The maximum atomic E-state index is 13.0. The van der Waals surface area contributed by atoms with Gasteiger partial charge in [0.2, 0.25) is 5.82 Å². The monoisotopic (exact) mass is 528 g/mol. The van der Waals surface area contributed by atoms with Gasteiger partial charge in [0.05, 0.1) is 18.0 Å². The second kappa shape index (κ2) is 9.48. The van der Waals surface area contributed by atoms with E-state index < -0.39 is 36.5 Å². The summed E-state index contributed by atoms with van der Waals surface area (Å²) in [4.78, 5) is 24.8. The number of nitrogens with zero attached hydrogens (tertiary/aromatic N) is 5. The highest BCUT2D eigenvalue weighted by Crippen LogP contribution is 2.33. The lowest BCUT2D eigenvalue weighted by atomic mass is 10.1. The summed E-state index contributed by atoms with van der Waals surface area (Å²) < 4.78 is 77.4. The molecule has 4 rings (SSSR count). The number of fused-ring (bicyclic) bond motifs is 1. The molecule has 0 bridgehead atoms. The molecular formula is C22H18F6N6OS. The van der Waals surface area contributed by atoms with Crippen LogP contribution in [0.4, 0.5) is 26.3 Å². The molecule has 0 saturated carbocycles. The molecule has 1 aromatic carbocycles. The van der Waals surface area contributed by atoms with Crippen LogP contribution in [0.5, 0.6) is 0 Å². The van der Waals surface area contributed by atoms with E-state index in [0.717, 1.165) is 17.3 Å². The van der Waals surface area contributed by atoms with Crippen LogP contribution in [0.15, 0.2) is 36.9 Å². The summed E-state index contributed by atoms with van der Waals surface area (Å²) in [7, 11) is 0. The highest BCUT2D eigenvalue weighted by molar-refractivity contribution is 7.15. The number of hydrogen-bond acceptors (Lipinski definition) is 6. The Hall–Kier alpha value is -3.55. The molecule has 0 aliphatic rings. The minimum absolute atomic E-state index is 0.158. The summed E-state index contributed by atoms with van der Waals surface area (Å²) in [5, 5.41) is 7.98. The van der Waals surface area contributed by atoms with Crippen molar-refractivity contribution in [1.82, 2.24) is 30.0 Å². The molecule has 0 radical (unpaired) electrons. The molecule has 1 N–H and O–H groups in total. The Morgan fingerprint density at radius 2 is 1.78 bits per heavy atom. The molecular weight excluding hydrogens is 510 g/mol. The van der Waals surface area contributed by atoms with Gasteiger partial charge in [-0.15, -0.1) is 11.3 Å². The number of carbonyl (C=O) groups is 1. The van der Waals surface area contributed by atoms with Gasteiger partial charge in [-0.1, -0.05) is 0 Å². The lowest BCUT2D eigenvalue weighted by Gasteiger charge is -2.15. The van der Waals surface area contributed by atoms with E-state index in [1.54, 1.807) is 19.2 Å². The molecule has 7 nitrogen and oxygen atoms in total. The third-order valence-corrected chi connectivity index (χ3v) is 6.13. The number of carbonyl (C=O) groups excluding carboxylic acids is 1. The fourth-order valence-corrected chi connectivity index (χ4v) is 4.18. The Bertz CT molecular complexity index is 1390. The first-order valence-corrected chi connectivity index (χ1v) is 11.3. The van der Waals surface area contributed by atoms with Crippen molar-refractivity contribution in [3.63, 3.8) is 0 Å². The third kappa shape index (κ3) is 5.80. The fourth-order valence-electron chi connectivity index (χ4n) is 3.39. The van der Waals surface area contributed by atoms with Crippen molar-refractivity contribution in [2.24, 2.45) is 0 Å². The molecule has 4 aromatic rings. The van der Waals surface area contributed by atoms with Crippen LogP contribution < -0.4 is 5.32 Å². The van der Waals surface area contributed by atoms with E-state index in [0.29, 0.717) is 21.5 Å². The Labute approximate surface area is 204 Å². The molecule has 1 amide bonds. The van der Waals surface area contributed by atoms with Gasteiger partial charge in [0.1, 0.15) is 5.01 Å². The van der Waals surface area contributed by atoms with E-state index in [-0.39, 0.29) is 17.7 Å². The number of rotatable bonds is 6. The molecule has 0 unspecified atom stereocenters. The largest absolute Gasteiger partial charge is 0.451 e. The molecule has 3 aromatic heterocycles. The molecule has 1 atom stereocenters. The van der Waals surface area contributed by atoms with E-state index in [2.05, 4.69) is 25.4 Å². The van der Waals surface area contributed by atoms with Crippen LogP contribution in [0.1, 0.15) is 46.0 Å². The normalized spacial score (nSPS) is 13.2. The highest BCUT2D eigenvalue weighted by Gasteiger charge is 2.34. The number of alkyl halides is 6. The maximum absolute atomic E-state index is 13.0. The van der Waals surface area contributed by atoms with E-state index >= 15 is 0 Å². The lowest BCUT2D eigenvalue weighted by molar-refractivity contribution is -0.145. The first-order valence-electron chi connectivity index (χ1n) is 10.5. The highest BCUT2D eigenvalue weighted by atomic mass is 32.1. The fraction of sp³-hybridized carbons (Fsp3) is 0.318. The van der Waals surface area contributed by atoms with Crippen molar-refractivity contribution < 1.29 is 31.1 Å². The lowest BCUT2D eigenvalue weighted by Crippen LogP contribution is -2.27. The van der Waals surface area contributed by atoms with Crippen LogP contribution in [-0.4, -0.2) is 36.8 Å². The van der Waals surface area contributed by atoms with Crippen LogP contribution in [0.25, 0.3) is 21.5 Å². The predicted octanol–water partition coefficient (Wildman–Crippen LogP) is 5.72. The van der Waals surface area contributed by atoms with E-state index in [9.17, 15) is 31.1 Å². The molecule has 0 aliphatic carbocycles. The van der Waals surface area contributed by atoms with Crippen LogP contribution in [-0.2, 0) is 12.7 Å². The number of amides is 1. The number of halogens is 6. The zero-order valence-corrected chi connectivity index (χ0v) is 19.6. The average Bonchev–Trinajstić information content (AvgIpc) is 3.41. The van der Waals surface area contributed by atoms with E-state index in [4.69, 9.17) is 0 Å². The molecule has 190 valence electrons. The molecule has 14 heteroatoms. The Balaban J connectivity index is 1.64. The second-order valence-corrected chi connectivity index (χ2v) is 9.26. The molecule has 0 spiro atoms. The molecule has 0 saturated heterocycles. The first kappa shape index (κ1) is 25.5. The van der Waals surface area contributed by atoms with Crippen molar-refractivity contribution in [3.05, 3.63) is 58.7 Å². The zero-order chi connectivity index (χ0) is 26.3. The smallest absolute Gasteiger partial charge is 0.345 e. The first-order chi connectivity index (χ1) is 16.8. The number of hydrogen-bond donors (Lipinski definition) is 1. The summed E-state index contributed by atoms with van der Waals surface area (Å²) in [6, 6.07) is 2.27. The molecule has 36 heavy (non-hydrogen) atoms. The van der Waals surface area contributed by atoms with Crippen molar-refractivity contribution in [1.29, 1.82) is 0 Å². The van der Waals surface area contributed by atoms with E-state index in [1.807, 2.05) is 6.92 Å². The minimum Gasteiger partial charge on any atom is -0.345 e. The number of thiazole rings is 1. The van der Waals surface area contributed by atoms with E-state index in [1.165, 1.54) is 28.3 Å². The van der Waals surface area contributed by atoms with Crippen LogP contribution >= 0.6 is 11.3 Å². The van der Waals surface area contributed by atoms with Crippen molar-refractivity contribution in [2.75, 3.05) is 0 Å². The number of benzene rings is 1. The van der Waals surface area contributed by atoms with Gasteiger partial charge in [0, 0.05) is 58.3 Å². The van der Waals surface area contributed by atoms with Gasteiger partial charge in [-0.05, 0) is 26.0 Å². The van der Waals surface area contributed by atoms with Gasteiger partial charge in [-0.2, -0.15) is 31.4 Å². The summed E-state index contributed by atoms with van der Waals surface area (Å²) >= 11 is 1.35. The average molecular weight is 528 g/mol. The molecule has 0 aliphatic heterocycles. The molecule has 3 heterocycles. The maximum Gasteiger partial charge on any atom is 0.451 e. The molecule has 0 fully saturated rings. The summed E-state index contributed by atoms with van der Waals surface area (Å²) in [5.41, 5.74) is 1.24. The summed E-state index contributed by atoms with van der Waals surface area (Å²) in [6.45, 7) is 3.01. The van der Waals surface area contributed by atoms with Gasteiger partial charge in [0.15, 0.2) is 0 Å². The Kier molecular flexibility index (Phi) is 6.73. The van der Waals surface area contributed by atoms with Crippen molar-refractivity contribution in [3.8, 4) is 10.6 Å². The van der Waals surface area contributed by atoms with Gasteiger partial charge in [-0.25, -0.2) is 15.0 Å². The SMILES string of the molecule is Cc1cnc(-c2cc(C(=O)N[C@H](C)c3cnc(C(F)(F)F)nc3)cc3nn(CCC(F)(F)F)cc23)s1. The zero-order valence-electron chi connectivity index (χ0n) is 18.8. The van der Waals surface area contributed by atoms with Crippen LogP contribution in [0, 0.1) is 6.92 Å². The number of nitrogens with one attached hydrogen (secondary N) is 1. The van der Waals surface area contributed by atoms with Gasteiger partial charge in [0.25, 0.3) is 5.91 Å². The third-order valence-electron chi connectivity index (χ3n) is 5.18. The topological polar surface area (TPSA) is 85.6 Å². The summed E-state index contributed by atoms with van der Waals surface area (Å²) in [6.07, 6.45) is -5.01. The summed E-state index contributed by atoms with van der Waals surface area (Å²) in [5.74, 6) is -1.86. The Morgan fingerprint density at radius 3 is 2.36 bits per heavy atom. The van der Waals surface area contributed by atoms with Crippen molar-refractivity contribution in [2.45, 2.75) is 45.2 Å². The quantitative estimate of drug-likeness (QED) is 0.324. The van der Waals surface area contributed by atoms with Crippen LogP contribution in [0.3, 0.4) is 0 Å². The predicted molar refractivity (Wildman–Crippen MR) is 119 cm³/mol. The van der Waals surface area contributed by atoms with Crippen LogP contribution in [0.2, 0.25) is 0 Å². The standard InChI is InChI=1S/C22H18F6N6OS/c1-11-7-29-19(36-11)15-5-13(6-17-16(15)10-34(33-17)4-3-21(23,24)25)18(35)32-12(2)14-8-30-20(31-9-14)22(26,27)28/h5-10,12H,3-4H2,1-2H3,(H,32,35)/t12-/m1/s1. The number of aryl methyl sites for hydroxylation is 2. The number of aromatic nitrogens is 5. The second-order valence-electron chi connectivity index (χ2n) is 8.02. The Morgan fingerprint density at radius 1 is 1.08 bits per heavy atom. The van der Waals surface area contributed by atoms with Gasteiger partial charge in [-0.3, -0.25) is 9.48 Å². The van der Waals surface area contributed by atoms with Gasteiger partial charge < -0.3 is 5.32 Å².